The molecule has 2 atom stereocenters. The van der Waals surface area contributed by atoms with Crippen LogP contribution in [-0.4, -0.2) is 64.1 Å². The number of carbonyl (C=O) groups excluding carboxylic acids is 1. The number of piperazine rings is 1. The standard InChI is InChI=1S/C25H30F3N5O4S/c1-16-12-32(23(34)37-24(3,4)5)17(2)11-31(16)21-20-19(25(26,27)28)13-33(22(20)30-15-29-21)38(35,36)14-18-9-7-6-8-10-18/h6-10,13,15-17H,11-12,14H2,1-5H3/t16-,17+/m1/s1. The van der Waals surface area contributed by atoms with Gasteiger partial charge in [-0.3, -0.25) is 0 Å². The maximum Gasteiger partial charge on any atom is 0.418 e. The first-order chi connectivity index (χ1) is 17.6. The summed E-state index contributed by atoms with van der Waals surface area (Å²) >= 11 is 0. The van der Waals surface area contributed by atoms with Gasteiger partial charge in [-0.15, -0.1) is 0 Å². The molecule has 0 radical (unpaired) electrons. The van der Waals surface area contributed by atoms with Crippen LogP contribution < -0.4 is 4.90 Å². The zero-order valence-corrected chi connectivity index (χ0v) is 22.5. The third-order valence-corrected chi connectivity index (χ3v) is 7.79. The Morgan fingerprint density at radius 1 is 1.05 bits per heavy atom. The number of ether oxygens (including phenoxy) is 1. The smallest absolute Gasteiger partial charge is 0.418 e. The second-order valence-corrected chi connectivity index (χ2v) is 12.3. The molecule has 0 bridgehead atoms. The average molecular weight is 554 g/mol. The van der Waals surface area contributed by atoms with Crippen molar-refractivity contribution < 1.29 is 31.1 Å². The Labute approximate surface area is 219 Å². The highest BCUT2D eigenvalue weighted by Gasteiger charge is 2.41. The number of carbonyl (C=O) groups is 1. The van der Waals surface area contributed by atoms with Crippen molar-refractivity contribution in [1.29, 1.82) is 0 Å². The monoisotopic (exact) mass is 553 g/mol. The molecule has 3 aromatic rings. The fourth-order valence-electron chi connectivity index (χ4n) is 4.51. The van der Waals surface area contributed by atoms with Gasteiger partial charge in [-0.2, -0.15) is 13.2 Å². The van der Waals surface area contributed by atoms with Crippen LogP contribution in [0.4, 0.5) is 23.8 Å². The summed E-state index contributed by atoms with van der Waals surface area (Å²) < 4.78 is 75.3. The number of amides is 1. The summed E-state index contributed by atoms with van der Waals surface area (Å²) in [5.74, 6) is -0.546. The Morgan fingerprint density at radius 2 is 1.71 bits per heavy atom. The van der Waals surface area contributed by atoms with Gasteiger partial charge in [0, 0.05) is 31.4 Å². The van der Waals surface area contributed by atoms with Crippen LogP contribution in [0.1, 0.15) is 45.7 Å². The summed E-state index contributed by atoms with van der Waals surface area (Å²) in [6.07, 6.45) is -3.74. The Balaban J connectivity index is 1.77. The Bertz CT molecular complexity index is 1430. The third-order valence-electron chi connectivity index (χ3n) is 6.21. The highest BCUT2D eigenvalue weighted by atomic mass is 32.2. The van der Waals surface area contributed by atoms with Crippen molar-refractivity contribution in [2.45, 2.75) is 64.2 Å². The number of hydrogen-bond acceptors (Lipinski definition) is 7. The normalized spacial score (nSPS) is 19.2. The van der Waals surface area contributed by atoms with Crippen LogP contribution in [-0.2, 0) is 26.7 Å². The van der Waals surface area contributed by atoms with Crippen molar-refractivity contribution in [2.24, 2.45) is 0 Å². The summed E-state index contributed by atoms with van der Waals surface area (Å²) in [5, 5.41) is -0.401. The lowest BCUT2D eigenvalue weighted by Gasteiger charge is -2.44. The number of benzene rings is 1. The van der Waals surface area contributed by atoms with Gasteiger partial charge in [-0.05, 0) is 40.2 Å². The number of hydrogen-bond donors (Lipinski definition) is 0. The lowest BCUT2D eigenvalue weighted by atomic mass is 10.1. The second-order valence-electron chi connectivity index (χ2n) is 10.5. The molecule has 1 aliphatic rings. The van der Waals surface area contributed by atoms with Crippen molar-refractivity contribution in [2.75, 3.05) is 18.0 Å². The van der Waals surface area contributed by atoms with Crippen LogP contribution in [0.5, 0.6) is 0 Å². The van der Waals surface area contributed by atoms with E-state index in [1.165, 1.54) is 4.90 Å². The van der Waals surface area contributed by atoms with Gasteiger partial charge in [0.15, 0.2) is 5.65 Å². The number of rotatable bonds is 4. The van der Waals surface area contributed by atoms with E-state index >= 15 is 0 Å². The molecule has 0 unspecified atom stereocenters. The van der Waals surface area contributed by atoms with Crippen molar-refractivity contribution in [3.05, 3.63) is 54.0 Å². The minimum atomic E-state index is -4.86. The molecular weight excluding hydrogens is 523 g/mol. The summed E-state index contributed by atoms with van der Waals surface area (Å²) in [6.45, 7) is 9.11. The fraction of sp³-hybridized carbons (Fsp3) is 0.480. The van der Waals surface area contributed by atoms with Gasteiger partial charge < -0.3 is 14.5 Å². The van der Waals surface area contributed by atoms with Crippen molar-refractivity contribution >= 4 is 33.0 Å². The summed E-state index contributed by atoms with van der Waals surface area (Å²) in [6, 6.07) is 7.33. The van der Waals surface area contributed by atoms with E-state index in [2.05, 4.69) is 9.97 Å². The first kappa shape index (κ1) is 27.7. The van der Waals surface area contributed by atoms with Crippen LogP contribution in [0.25, 0.3) is 11.0 Å². The molecule has 1 aromatic carbocycles. The second kappa shape index (κ2) is 9.75. The Morgan fingerprint density at radius 3 is 2.32 bits per heavy atom. The van der Waals surface area contributed by atoms with Gasteiger partial charge in [-0.25, -0.2) is 27.2 Å². The fourth-order valence-corrected chi connectivity index (χ4v) is 5.93. The number of alkyl halides is 3. The summed E-state index contributed by atoms with van der Waals surface area (Å²) in [7, 11) is -4.25. The average Bonchev–Trinajstić information content (AvgIpc) is 3.21. The summed E-state index contributed by atoms with van der Waals surface area (Å²) in [5.41, 5.74) is -1.77. The maximum absolute atomic E-state index is 14.2. The molecule has 0 N–H and O–H groups in total. The minimum Gasteiger partial charge on any atom is -0.444 e. The van der Waals surface area contributed by atoms with Crippen LogP contribution in [0.15, 0.2) is 42.9 Å². The van der Waals surface area contributed by atoms with E-state index in [9.17, 15) is 26.4 Å². The van der Waals surface area contributed by atoms with E-state index in [1.807, 2.05) is 0 Å². The lowest BCUT2D eigenvalue weighted by molar-refractivity contribution is -0.136. The largest absolute Gasteiger partial charge is 0.444 e. The van der Waals surface area contributed by atoms with Crippen molar-refractivity contribution in [3.8, 4) is 0 Å². The van der Waals surface area contributed by atoms with Crippen molar-refractivity contribution in [1.82, 2.24) is 18.8 Å². The molecule has 206 valence electrons. The molecule has 38 heavy (non-hydrogen) atoms. The molecule has 13 heteroatoms. The molecule has 1 aliphatic heterocycles. The van der Waals surface area contributed by atoms with Gasteiger partial charge in [-0.1, -0.05) is 30.3 Å². The molecule has 9 nitrogen and oxygen atoms in total. The maximum atomic E-state index is 14.2. The number of nitrogens with zero attached hydrogens (tertiary/aromatic N) is 5. The third kappa shape index (κ3) is 5.57. The van der Waals surface area contributed by atoms with E-state index in [-0.39, 0.29) is 24.6 Å². The molecule has 0 aliphatic carbocycles. The molecule has 1 amide bonds. The number of halogens is 3. The zero-order chi connectivity index (χ0) is 28.0. The van der Waals surface area contributed by atoms with Crippen LogP contribution in [0.3, 0.4) is 0 Å². The molecule has 4 rings (SSSR count). The molecule has 2 aromatic heterocycles. The highest BCUT2D eigenvalue weighted by Crippen LogP contribution is 2.41. The summed E-state index contributed by atoms with van der Waals surface area (Å²) in [4.78, 5) is 24.0. The molecule has 1 fully saturated rings. The topological polar surface area (TPSA) is 97.6 Å². The predicted octanol–water partition coefficient (Wildman–Crippen LogP) is 4.66. The molecule has 1 saturated heterocycles. The van der Waals surface area contributed by atoms with Gasteiger partial charge >= 0.3 is 12.3 Å². The minimum absolute atomic E-state index is 0.0424. The molecule has 0 spiro atoms. The predicted molar refractivity (Wildman–Crippen MR) is 136 cm³/mol. The van der Waals surface area contributed by atoms with E-state index < -0.39 is 56.7 Å². The van der Waals surface area contributed by atoms with Crippen LogP contribution in [0.2, 0.25) is 0 Å². The van der Waals surface area contributed by atoms with Crippen LogP contribution >= 0.6 is 0 Å². The number of aromatic nitrogens is 3. The van der Waals surface area contributed by atoms with Gasteiger partial charge in [0.1, 0.15) is 17.7 Å². The van der Waals surface area contributed by atoms with E-state index in [1.54, 1.807) is 69.9 Å². The number of anilines is 1. The first-order valence-corrected chi connectivity index (χ1v) is 13.7. The lowest BCUT2D eigenvalue weighted by Crippen LogP contribution is -2.59. The van der Waals surface area contributed by atoms with E-state index in [4.69, 9.17) is 4.74 Å². The highest BCUT2D eigenvalue weighted by molar-refractivity contribution is 7.89. The van der Waals surface area contributed by atoms with E-state index in [0.29, 0.717) is 15.7 Å². The van der Waals surface area contributed by atoms with Crippen LogP contribution in [0, 0.1) is 0 Å². The quantitative estimate of drug-likeness (QED) is 0.464. The molecule has 0 saturated carbocycles. The zero-order valence-electron chi connectivity index (χ0n) is 21.7. The molecular formula is C25H30F3N5O4S. The Hall–Kier alpha value is -3.35. The van der Waals surface area contributed by atoms with E-state index in [0.717, 1.165) is 6.33 Å². The SMILES string of the molecule is C[C@@H]1CN(C(=O)OC(C)(C)C)[C@@H](C)CN1c1ncnc2c1c(C(F)(F)F)cn2S(=O)(=O)Cc1ccccc1. The Kier molecular flexibility index (Phi) is 7.10. The van der Waals surface area contributed by atoms with Gasteiger partial charge in [0.25, 0.3) is 0 Å². The van der Waals surface area contributed by atoms with Crippen molar-refractivity contribution in [3.63, 3.8) is 0 Å². The molecule has 3 heterocycles. The number of fused-ring (bicyclic) bond motifs is 1. The van der Waals surface area contributed by atoms with Gasteiger partial charge in [0.05, 0.1) is 16.7 Å². The van der Waals surface area contributed by atoms with Gasteiger partial charge in [0.2, 0.25) is 10.0 Å². The first-order valence-electron chi connectivity index (χ1n) is 12.0.